The Morgan fingerprint density at radius 2 is 2.13 bits per heavy atom. The van der Waals surface area contributed by atoms with E-state index in [1.165, 1.54) is 0 Å². The van der Waals surface area contributed by atoms with Crippen LogP contribution in [0.3, 0.4) is 0 Å². The number of ether oxygens (including phenoxy) is 1. The van der Waals surface area contributed by atoms with E-state index in [1.807, 2.05) is 29.0 Å². The molecule has 0 aliphatic rings. The van der Waals surface area contributed by atoms with E-state index < -0.39 is 0 Å². The highest BCUT2D eigenvalue weighted by Gasteiger charge is 2.01. The Morgan fingerprint density at radius 3 is 2.87 bits per heavy atom. The van der Waals surface area contributed by atoms with E-state index in [0.717, 1.165) is 11.8 Å². The first-order valence-corrected chi connectivity index (χ1v) is 5.52. The number of hydrogen-bond donors (Lipinski definition) is 0. The van der Waals surface area contributed by atoms with Gasteiger partial charge in [0.25, 0.3) is 0 Å². The van der Waals surface area contributed by atoms with Crippen molar-refractivity contribution in [2.45, 2.75) is 6.61 Å². The van der Waals surface area contributed by atoms with Crippen molar-refractivity contribution in [3.05, 3.63) is 52.2 Å². The van der Waals surface area contributed by atoms with E-state index in [-0.39, 0.29) is 0 Å². The first kappa shape index (κ1) is 9.93. The molecule has 2 rings (SSSR count). The second-order valence-electron chi connectivity index (χ2n) is 3.08. The van der Waals surface area contributed by atoms with Crippen LogP contribution in [0, 0.1) is 0 Å². The highest BCUT2D eigenvalue weighted by molar-refractivity contribution is 7.07. The lowest BCUT2D eigenvalue weighted by Gasteiger charge is -2.06. The first-order chi connectivity index (χ1) is 7.40. The van der Waals surface area contributed by atoms with Gasteiger partial charge in [-0.2, -0.15) is 11.3 Å². The molecule has 0 aliphatic heterocycles. The highest BCUT2D eigenvalue weighted by Crippen LogP contribution is 2.17. The Morgan fingerprint density at radius 1 is 1.27 bits per heavy atom. The molecule has 2 aromatic rings. The summed E-state index contributed by atoms with van der Waals surface area (Å²) in [5, 5.41) is 4.04. The van der Waals surface area contributed by atoms with Gasteiger partial charge in [0.05, 0.1) is 5.56 Å². The standard InChI is InChI=1S/C12H10O2S/c13-7-11-3-1-2-4-12(11)14-8-10-5-6-15-9-10/h1-7,9H,8H2. The zero-order valence-corrected chi connectivity index (χ0v) is 8.87. The molecule has 0 unspecified atom stereocenters. The minimum atomic E-state index is 0.508. The van der Waals surface area contributed by atoms with E-state index in [0.29, 0.717) is 17.9 Å². The SMILES string of the molecule is O=Cc1ccccc1OCc1ccsc1. The zero-order valence-electron chi connectivity index (χ0n) is 8.05. The van der Waals surface area contributed by atoms with Crippen LogP contribution in [0.5, 0.6) is 5.75 Å². The molecular weight excluding hydrogens is 208 g/mol. The number of aldehydes is 1. The number of hydrogen-bond acceptors (Lipinski definition) is 3. The molecule has 1 aromatic heterocycles. The fraction of sp³-hybridized carbons (Fsp3) is 0.0833. The van der Waals surface area contributed by atoms with Crippen molar-refractivity contribution in [3.8, 4) is 5.75 Å². The van der Waals surface area contributed by atoms with Crippen molar-refractivity contribution in [2.75, 3.05) is 0 Å². The average molecular weight is 218 g/mol. The molecule has 0 atom stereocenters. The lowest BCUT2D eigenvalue weighted by Crippen LogP contribution is -1.96. The third-order valence-electron chi connectivity index (χ3n) is 2.02. The molecule has 0 radical (unpaired) electrons. The zero-order chi connectivity index (χ0) is 10.5. The van der Waals surface area contributed by atoms with Gasteiger partial charge in [-0.15, -0.1) is 0 Å². The summed E-state index contributed by atoms with van der Waals surface area (Å²) in [6.45, 7) is 0.508. The lowest BCUT2D eigenvalue weighted by atomic mass is 10.2. The smallest absolute Gasteiger partial charge is 0.153 e. The van der Waals surface area contributed by atoms with Crippen molar-refractivity contribution in [1.29, 1.82) is 0 Å². The Balaban J connectivity index is 2.07. The van der Waals surface area contributed by atoms with E-state index in [9.17, 15) is 4.79 Å². The molecule has 1 heterocycles. The molecule has 15 heavy (non-hydrogen) atoms. The number of carbonyl (C=O) groups excluding carboxylic acids is 1. The molecule has 0 aliphatic carbocycles. The fourth-order valence-corrected chi connectivity index (χ4v) is 1.90. The van der Waals surface area contributed by atoms with E-state index in [1.54, 1.807) is 23.5 Å². The second kappa shape index (κ2) is 4.75. The molecule has 0 amide bonds. The molecule has 76 valence electrons. The van der Waals surface area contributed by atoms with Crippen LogP contribution in [-0.2, 0) is 6.61 Å². The quantitative estimate of drug-likeness (QED) is 0.737. The maximum absolute atomic E-state index is 10.7. The van der Waals surface area contributed by atoms with Crippen LogP contribution >= 0.6 is 11.3 Å². The predicted octanol–water partition coefficient (Wildman–Crippen LogP) is 3.14. The van der Waals surface area contributed by atoms with Gasteiger partial charge in [0.2, 0.25) is 0 Å². The average Bonchev–Trinajstić information content (AvgIpc) is 2.79. The third-order valence-corrected chi connectivity index (χ3v) is 2.75. The van der Waals surface area contributed by atoms with Crippen molar-refractivity contribution in [2.24, 2.45) is 0 Å². The summed E-state index contributed by atoms with van der Waals surface area (Å²) in [7, 11) is 0. The molecule has 3 heteroatoms. The number of benzene rings is 1. The molecule has 1 aromatic carbocycles. The normalized spacial score (nSPS) is 9.87. The van der Waals surface area contributed by atoms with Crippen LogP contribution in [0.15, 0.2) is 41.1 Å². The third kappa shape index (κ3) is 2.44. The summed E-state index contributed by atoms with van der Waals surface area (Å²) < 4.78 is 5.55. The fourth-order valence-electron chi connectivity index (χ4n) is 1.25. The number of thiophene rings is 1. The lowest BCUT2D eigenvalue weighted by molar-refractivity contribution is 0.111. The largest absolute Gasteiger partial charge is 0.488 e. The second-order valence-corrected chi connectivity index (χ2v) is 3.86. The Kier molecular flexibility index (Phi) is 3.15. The molecule has 0 N–H and O–H groups in total. The van der Waals surface area contributed by atoms with Crippen LogP contribution < -0.4 is 4.74 Å². The van der Waals surface area contributed by atoms with Gasteiger partial charge in [0, 0.05) is 0 Å². The molecule has 0 spiro atoms. The minimum Gasteiger partial charge on any atom is -0.488 e. The summed E-state index contributed by atoms with van der Waals surface area (Å²) in [6.07, 6.45) is 0.808. The Hall–Kier alpha value is -1.61. The molecule has 0 bridgehead atoms. The summed E-state index contributed by atoms with van der Waals surface area (Å²) >= 11 is 1.64. The van der Waals surface area contributed by atoms with Crippen LogP contribution in [0.2, 0.25) is 0 Å². The highest BCUT2D eigenvalue weighted by atomic mass is 32.1. The van der Waals surface area contributed by atoms with Crippen molar-refractivity contribution in [3.63, 3.8) is 0 Å². The molecule has 0 saturated carbocycles. The van der Waals surface area contributed by atoms with Crippen LogP contribution in [-0.4, -0.2) is 6.29 Å². The summed E-state index contributed by atoms with van der Waals surface area (Å²) in [6, 6.07) is 9.23. The molecule has 0 saturated heterocycles. The summed E-state index contributed by atoms with van der Waals surface area (Å²) in [5.41, 5.74) is 1.72. The number of rotatable bonds is 4. The van der Waals surface area contributed by atoms with Crippen LogP contribution in [0.25, 0.3) is 0 Å². The minimum absolute atomic E-state index is 0.508. The molecule has 2 nitrogen and oxygen atoms in total. The van der Waals surface area contributed by atoms with Gasteiger partial charge >= 0.3 is 0 Å². The van der Waals surface area contributed by atoms with E-state index >= 15 is 0 Å². The van der Waals surface area contributed by atoms with Crippen LogP contribution in [0.4, 0.5) is 0 Å². The maximum atomic E-state index is 10.7. The Labute approximate surface area is 92.1 Å². The number of carbonyl (C=O) groups is 1. The Bertz CT molecular complexity index is 435. The van der Waals surface area contributed by atoms with E-state index in [2.05, 4.69) is 0 Å². The molecular formula is C12H10O2S. The topological polar surface area (TPSA) is 26.3 Å². The van der Waals surface area contributed by atoms with Crippen molar-refractivity contribution < 1.29 is 9.53 Å². The molecule has 0 fully saturated rings. The van der Waals surface area contributed by atoms with Crippen molar-refractivity contribution >= 4 is 17.6 Å². The summed E-state index contributed by atoms with van der Waals surface area (Å²) in [4.78, 5) is 10.7. The number of para-hydroxylation sites is 1. The van der Waals surface area contributed by atoms with Gasteiger partial charge in [0.1, 0.15) is 12.4 Å². The van der Waals surface area contributed by atoms with Gasteiger partial charge in [0.15, 0.2) is 6.29 Å². The monoisotopic (exact) mass is 218 g/mol. The maximum Gasteiger partial charge on any atom is 0.153 e. The predicted molar refractivity (Wildman–Crippen MR) is 60.5 cm³/mol. The van der Waals surface area contributed by atoms with Crippen molar-refractivity contribution in [1.82, 2.24) is 0 Å². The van der Waals surface area contributed by atoms with E-state index in [4.69, 9.17) is 4.74 Å². The first-order valence-electron chi connectivity index (χ1n) is 4.58. The van der Waals surface area contributed by atoms with Gasteiger partial charge in [-0.1, -0.05) is 12.1 Å². The van der Waals surface area contributed by atoms with Gasteiger partial charge < -0.3 is 4.74 Å². The van der Waals surface area contributed by atoms with Crippen LogP contribution in [0.1, 0.15) is 15.9 Å². The van der Waals surface area contributed by atoms with Gasteiger partial charge in [-0.05, 0) is 34.5 Å². The van der Waals surface area contributed by atoms with Gasteiger partial charge in [-0.3, -0.25) is 4.79 Å². The van der Waals surface area contributed by atoms with Gasteiger partial charge in [-0.25, -0.2) is 0 Å². The summed E-state index contributed by atoms with van der Waals surface area (Å²) in [5.74, 6) is 0.638.